The molecule has 0 unspecified atom stereocenters. The molecule has 0 aliphatic carbocycles. The van der Waals surface area contributed by atoms with E-state index in [1.165, 1.54) is 13.3 Å². The summed E-state index contributed by atoms with van der Waals surface area (Å²) in [5.41, 5.74) is 16.5. The van der Waals surface area contributed by atoms with Gasteiger partial charge in [-0.3, -0.25) is 24.7 Å². The van der Waals surface area contributed by atoms with Crippen molar-refractivity contribution in [2.24, 2.45) is 22.1 Å². The summed E-state index contributed by atoms with van der Waals surface area (Å²) in [6.45, 7) is 12.4. The van der Waals surface area contributed by atoms with Crippen LogP contribution in [0.25, 0.3) is 66.9 Å². The Morgan fingerprint density at radius 2 is 1.14 bits per heavy atom. The molecule has 2 aliphatic heterocycles. The molecule has 0 radical (unpaired) electrons. The van der Waals surface area contributed by atoms with Crippen molar-refractivity contribution in [2.75, 3.05) is 57.0 Å². The van der Waals surface area contributed by atoms with Gasteiger partial charge in [-0.05, 0) is 185 Å². The Bertz CT molecular complexity index is 4750. The van der Waals surface area contributed by atoms with Gasteiger partial charge in [-0.1, -0.05) is 35.9 Å². The highest BCUT2D eigenvalue weighted by molar-refractivity contribution is 7.87. The van der Waals surface area contributed by atoms with Gasteiger partial charge in [0.2, 0.25) is 0 Å². The first-order valence-corrected chi connectivity index (χ1v) is 33.2. The van der Waals surface area contributed by atoms with Crippen LogP contribution < -0.4 is 41.2 Å². The molecule has 0 amide bonds. The molecular formula is C67H71ClN18O7S2. The zero-order valence-electron chi connectivity index (χ0n) is 52.7. The number of carbonyl (C=O) groups excluding carboxylic acids is 1. The fourth-order valence-corrected chi connectivity index (χ4v) is 10.6. The van der Waals surface area contributed by atoms with Crippen molar-refractivity contribution in [3.05, 3.63) is 220 Å². The molecular weight excluding hydrogens is 1270 g/mol. The molecule has 2 fully saturated rings. The largest absolute Gasteiger partial charge is 0.465 e. The van der Waals surface area contributed by atoms with E-state index in [1.54, 1.807) is 73.7 Å². The van der Waals surface area contributed by atoms with Crippen molar-refractivity contribution in [2.45, 2.75) is 40.5 Å². The van der Waals surface area contributed by atoms with Crippen molar-refractivity contribution in [1.82, 2.24) is 64.6 Å². The third-order valence-electron chi connectivity index (χ3n) is 14.5. The van der Waals surface area contributed by atoms with Crippen LogP contribution in [-0.2, 0) is 25.2 Å². The quantitative estimate of drug-likeness (QED) is 0.0324. The van der Waals surface area contributed by atoms with Gasteiger partial charge in [0.15, 0.2) is 11.6 Å². The van der Waals surface area contributed by atoms with Gasteiger partial charge in [-0.25, -0.2) is 49.4 Å². The number of pyridine rings is 4. The fraction of sp³-hybridized carbons (Fsp3) is 0.224. The molecule has 0 spiro atoms. The maximum absolute atomic E-state index is 12.0. The summed E-state index contributed by atoms with van der Waals surface area (Å²) in [6.07, 6.45) is 15.0. The number of aromatic nitrogens is 10. The SMILES string of the molecule is COC(=O)c1ccc(C)cc1N.Cc1ccc2c(=O)[nH]c(-c3ccncc3)nc2c1.Cc1ccc2c(Cl)nc(-c3ccncc3)nc2c1.Cc1ccc2c(N3CC(CCNS(N)(=O)=O)C3)nc(-c3cccnc3)nc2c1.N#Cc1cccnc1.NS(=O)(=O)NCCC1CNC1. The van der Waals surface area contributed by atoms with Crippen LogP contribution in [0.4, 0.5) is 11.5 Å². The van der Waals surface area contributed by atoms with E-state index >= 15 is 0 Å². The predicted molar refractivity (Wildman–Crippen MR) is 370 cm³/mol. The van der Waals surface area contributed by atoms with Crippen LogP contribution in [0, 0.1) is 50.9 Å². The third-order valence-corrected chi connectivity index (χ3v) is 16.1. The fourth-order valence-electron chi connectivity index (χ4n) is 9.51. The molecule has 2 aliphatic rings. The number of aryl methyl sites for hydroxylation is 4. The van der Waals surface area contributed by atoms with Crippen molar-refractivity contribution in [3.63, 3.8) is 0 Å². The minimum Gasteiger partial charge on any atom is -0.465 e. The summed E-state index contributed by atoms with van der Waals surface area (Å²) < 4.78 is 51.8. The molecule has 0 saturated carbocycles. The van der Waals surface area contributed by atoms with Crippen LogP contribution >= 0.6 is 11.6 Å². The average Bonchev–Trinajstić information content (AvgIpc) is 0.803. The number of carbonyl (C=O) groups is 1. The lowest BCUT2D eigenvalue weighted by Gasteiger charge is -2.40. The normalized spacial score (nSPS) is 12.6. The molecule has 95 heavy (non-hydrogen) atoms. The standard InChI is InChI=1S/C19H22N6O2S.C14H10ClN3.C14H11N3O.C9H11NO2.C6H4N2.C5H13N3O2S/c1-13-4-5-16-17(9-13)23-18(15-3-2-7-21-10-15)24-19(16)25-11-14(12-25)6-8-22-28(20,26)27;1-9-2-3-11-12(8-9)17-14(18-13(11)15)10-4-6-16-7-5-10;1-9-2-3-11-12(8-9)16-13(17-14(11)18)10-4-6-15-7-5-10;1-6-3-4-7(8(10)5-6)9(11)12-2;7-4-6-2-1-3-8-5-6;6-11(9,10)8-2-1-5-3-7-4-5/h2-5,7,9-10,14,22H,6,8,11-12H2,1H3,(H2,20,26,27);2-8H,1H3;2-8H,1H3,(H,16,17,18);3-5H,10H2,1-2H3;1-3,5H;5,7-8H,1-4H2,(H2,6,9,10). The van der Waals surface area contributed by atoms with Crippen molar-refractivity contribution in [1.29, 1.82) is 5.26 Å². The summed E-state index contributed by atoms with van der Waals surface area (Å²) in [5, 5.41) is 24.0. The topological polar surface area (TPSA) is 385 Å². The van der Waals surface area contributed by atoms with Crippen LogP contribution in [-0.4, -0.2) is 119 Å². The van der Waals surface area contributed by atoms with Crippen LogP contribution in [0.1, 0.15) is 51.0 Å². The van der Waals surface area contributed by atoms with Crippen LogP contribution in [0.3, 0.4) is 0 Å². The zero-order valence-corrected chi connectivity index (χ0v) is 55.1. The maximum atomic E-state index is 12.0. The van der Waals surface area contributed by atoms with E-state index in [-0.39, 0.29) is 5.56 Å². The number of methoxy groups -OCH3 is 1. The highest BCUT2D eigenvalue weighted by Crippen LogP contribution is 2.33. The van der Waals surface area contributed by atoms with Gasteiger partial charge >= 0.3 is 5.97 Å². The first kappa shape index (κ1) is 70.7. The Balaban J connectivity index is 0.000000153. The van der Waals surface area contributed by atoms with E-state index in [0.29, 0.717) is 75.3 Å². The van der Waals surface area contributed by atoms with Gasteiger partial charge in [0.25, 0.3) is 26.0 Å². The van der Waals surface area contributed by atoms with Crippen molar-refractivity contribution in [3.8, 4) is 40.2 Å². The number of fused-ring (bicyclic) bond motifs is 3. The Hall–Kier alpha value is -10.2. The lowest BCUT2D eigenvalue weighted by molar-refractivity contribution is 0.0602. The number of nitrogens with zero attached hydrogens (tertiary/aromatic N) is 11. The van der Waals surface area contributed by atoms with E-state index in [9.17, 15) is 26.4 Å². The monoisotopic (exact) mass is 1340 g/mol. The molecule has 0 bridgehead atoms. The number of hydrogen-bond acceptors (Lipinski definition) is 20. The molecule has 490 valence electrons. The smallest absolute Gasteiger partial charge is 0.339 e. The Kier molecular flexibility index (Phi) is 25.0. The zero-order chi connectivity index (χ0) is 68.1. The van der Waals surface area contributed by atoms with Crippen molar-refractivity contribution < 1.29 is 26.4 Å². The van der Waals surface area contributed by atoms with Crippen molar-refractivity contribution >= 4 is 82.2 Å². The van der Waals surface area contributed by atoms with E-state index in [4.69, 9.17) is 42.8 Å². The Morgan fingerprint density at radius 1 is 0.621 bits per heavy atom. The number of nitriles is 1. The molecule has 2 saturated heterocycles. The van der Waals surface area contributed by atoms with Gasteiger partial charge in [-0.2, -0.15) is 22.1 Å². The van der Waals surface area contributed by atoms with Gasteiger partial charge in [0.05, 0.1) is 40.2 Å². The number of ether oxygens (including phenoxy) is 1. The van der Waals surface area contributed by atoms with Crippen LogP contribution in [0.5, 0.6) is 0 Å². The number of rotatable bonds is 13. The third kappa shape index (κ3) is 21.4. The van der Waals surface area contributed by atoms with Crippen LogP contribution in [0.15, 0.2) is 176 Å². The van der Waals surface area contributed by atoms with E-state index in [1.807, 2.05) is 107 Å². The second-order valence-corrected chi connectivity index (χ2v) is 25.2. The first-order valence-electron chi connectivity index (χ1n) is 29.7. The number of benzene rings is 4. The number of nitrogens with two attached hydrogens (primary N) is 3. The van der Waals surface area contributed by atoms with Crippen LogP contribution in [0.2, 0.25) is 5.15 Å². The molecule has 4 aromatic carbocycles. The number of anilines is 2. The minimum absolute atomic E-state index is 0.119. The van der Waals surface area contributed by atoms with Gasteiger partial charge < -0.3 is 25.7 Å². The highest BCUT2D eigenvalue weighted by atomic mass is 35.5. The number of H-pyrrole nitrogens is 1. The first-order chi connectivity index (χ1) is 45.5. The number of esters is 1. The summed E-state index contributed by atoms with van der Waals surface area (Å²) in [6, 6.07) is 39.6. The van der Waals surface area contributed by atoms with Gasteiger partial charge in [0, 0.05) is 109 Å². The van der Waals surface area contributed by atoms with Gasteiger partial charge in [-0.15, -0.1) is 0 Å². The predicted octanol–water partition coefficient (Wildman–Crippen LogP) is 8.27. The number of nitrogens with one attached hydrogen (secondary N) is 4. The van der Waals surface area contributed by atoms with E-state index < -0.39 is 26.4 Å². The Morgan fingerprint density at radius 3 is 1.65 bits per heavy atom. The highest BCUT2D eigenvalue weighted by Gasteiger charge is 2.30. The molecule has 28 heteroatoms. The second-order valence-electron chi connectivity index (χ2n) is 22.1. The molecule has 7 aromatic heterocycles. The summed E-state index contributed by atoms with van der Waals surface area (Å²) in [4.78, 5) is 66.8. The van der Waals surface area contributed by atoms with E-state index in [0.717, 1.165) is 106 Å². The minimum atomic E-state index is -3.63. The van der Waals surface area contributed by atoms with Gasteiger partial charge in [0.1, 0.15) is 22.9 Å². The average molecular weight is 1340 g/mol. The molecule has 0 atom stereocenters. The summed E-state index contributed by atoms with van der Waals surface area (Å²) in [5.74, 6) is 3.37. The lowest BCUT2D eigenvalue weighted by atomic mass is 9.96. The number of halogens is 1. The Labute approximate surface area is 555 Å². The molecule has 25 nitrogen and oxygen atoms in total. The van der Waals surface area contributed by atoms with E-state index in [2.05, 4.69) is 82.5 Å². The lowest BCUT2D eigenvalue weighted by Crippen LogP contribution is -2.48. The summed E-state index contributed by atoms with van der Waals surface area (Å²) >= 11 is 6.20. The maximum Gasteiger partial charge on any atom is 0.339 e. The second kappa shape index (κ2) is 33.6. The summed E-state index contributed by atoms with van der Waals surface area (Å²) in [7, 11) is -5.77. The molecule has 9 heterocycles. The number of aromatic amines is 1. The molecule has 11 aromatic rings. The molecule has 10 N–H and O–H groups in total. The number of hydrogen-bond donors (Lipinski definition) is 7. The number of nitrogen functional groups attached to an aromatic ring is 1. The molecule has 13 rings (SSSR count).